The predicted octanol–water partition coefficient (Wildman–Crippen LogP) is 12.1. The highest BCUT2D eigenvalue weighted by Crippen LogP contribution is 2.14. The van der Waals surface area contributed by atoms with Crippen molar-refractivity contribution < 1.29 is 4.74 Å². The largest absolute Gasteiger partial charge is 0.624 e. The molecule has 0 atom stereocenters. The van der Waals surface area contributed by atoms with Crippen LogP contribution in [0.1, 0.15) is 194 Å². The summed E-state index contributed by atoms with van der Waals surface area (Å²) in [6.45, 7) is 5.23. The average Bonchev–Trinajstić information content (AvgIpc) is 2.88. The Labute approximate surface area is 228 Å². The number of hydrogen-bond acceptors (Lipinski definition) is 1. The molecule has 0 amide bonds. The first-order valence-electron chi connectivity index (χ1n) is 16.7. The molecule has 0 spiro atoms. The third-order valence-electron chi connectivity index (χ3n) is 7.59. The average molecular weight is 506 g/mol. The van der Waals surface area contributed by atoms with E-state index in [2.05, 4.69) is 19.9 Å². The van der Waals surface area contributed by atoms with E-state index in [0.29, 0.717) is 6.54 Å². The van der Waals surface area contributed by atoms with Gasteiger partial charge in [-0.25, -0.2) is 4.74 Å². The highest BCUT2D eigenvalue weighted by molar-refractivity contribution is 5.66. The van der Waals surface area contributed by atoms with Crippen molar-refractivity contribution >= 4 is 6.21 Å². The van der Waals surface area contributed by atoms with Crippen LogP contribution in [0.3, 0.4) is 0 Å². The highest BCUT2D eigenvalue weighted by Gasteiger charge is 1.97. The fourth-order valence-electron chi connectivity index (χ4n) is 5.07. The molecule has 0 radical (unpaired) electrons. The van der Waals surface area contributed by atoms with E-state index in [9.17, 15) is 5.21 Å². The van der Waals surface area contributed by atoms with Crippen LogP contribution in [0, 0.1) is 5.21 Å². The van der Waals surface area contributed by atoms with Crippen molar-refractivity contribution in [3.63, 3.8) is 0 Å². The van der Waals surface area contributed by atoms with Crippen molar-refractivity contribution in [2.45, 2.75) is 194 Å². The van der Waals surface area contributed by atoms with Crippen molar-refractivity contribution in [2.24, 2.45) is 0 Å². The van der Waals surface area contributed by atoms with Gasteiger partial charge in [0.25, 0.3) is 0 Å². The number of allylic oxidation sites excluding steroid dienone is 2. The Balaban J connectivity index is 3.28. The van der Waals surface area contributed by atoms with E-state index in [-0.39, 0.29) is 0 Å². The summed E-state index contributed by atoms with van der Waals surface area (Å²) in [6, 6.07) is 0. The van der Waals surface area contributed by atoms with Crippen molar-refractivity contribution in [2.75, 3.05) is 6.54 Å². The zero-order chi connectivity index (χ0) is 26.2. The lowest BCUT2D eigenvalue weighted by molar-refractivity contribution is -0.452. The Morgan fingerprint density at radius 3 is 1.08 bits per heavy atom. The van der Waals surface area contributed by atoms with Gasteiger partial charge in [-0.2, -0.15) is 0 Å². The predicted molar refractivity (Wildman–Crippen MR) is 164 cm³/mol. The third-order valence-corrected chi connectivity index (χ3v) is 7.59. The van der Waals surface area contributed by atoms with Gasteiger partial charge in [0.15, 0.2) is 12.8 Å². The molecule has 0 aromatic heterocycles. The summed E-state index contributed by atoms with van der Waals surface area (Å²) in [4.78, 5) is 0. The van der Waals surface area contributed by atoms with Crippen LogP contribution in [0.5, 0.6) is 0 Å². The van der Waals surface area contributed by atoms with Gasteiger partial charge < -0.3 is 5.21 Å². The van der Waals surface area contributed by atoms with Gasteiger partial charge in [-0.05, 0) is 25.3 Å². The van der Waals surface area contributed by atoms with Crippen molar-refractivity contribution in [1.29, 1.82) is 0 Å². The Morgan fingerprint density at radius 1 is 0.417 bits per heavy atom. The van der Waals surface area contributed by atoms with Crippen LogP contribution in [0.4, 0.5) is 0 Å². The summed E-state index contributed by atoms with van der Waals surface area (Å²) in [5.41, 5.74) is 0. The Hall–Kier alpha value is -0.790. The molecule has 214 valence electrons. The molecule has 0 aliphatic carbocycles. The van der Waals surface area contributed by atoms with Crippen LogP contribution in [0.15, 0.2) is 12.2 Å². The Morgan fingerprint density at radius 2 is 0.722 bits per heavy atom. The van der Waals surface area contributed by atoms with Gasteiger partial charge in [0.2, 0.25) is 0 Å². The lowest BCUT2D eigenvalue weighted by Crippen LogP contribution is -2.05. The lowest BCUT2D eigenvalue weighted by Gasteiger charge is -2.04. The van der Waals surface area contributed by atoms with Crippen LogP contribution in [0.2, 0.25) is 0 Å². The van der Waals surface area contributed by atoms with Crippen LogP contribution < -0.4 is 0 Å². The Kier molecular flexibility index (Phi) is 31.5. The van der Waals surface area contributed by atoms with Crippen LogP contribution in [-0.2, 0) is 0 Å². The zero-order valence-electron chi connectivity index (χ0n) is 25.1. The minimum Gasteiger partial charge on any atom is -0.624 e. The van der Waals surface area contributed by atoms with E-state index in [1.807, 2.05) is 6.08 Å². The minimum atomic E-state index is 0.654. The summed E-state index contributed by atoms with van der Waals surface area (Å²) in [6.07, 6.45) is 44.2. The molecular formula is C34H67NO. The van der Waals surface area contributed by atoms with E-state index >= 15 is 0 Å². The highest BCUT2D eigenvalue weighted by atomic mass is 16.5. The lowest BCUT2D eigenvalue weighted by atomic mass is 10.0. The van der Waals surface area contributed by atoms with E-state index in [1.54, 1.807) is 6.21 Å². The van der Waals surface area contributed by atoms with Gasteiger partial charge in [-0.3, -0.25) is 0 Å². The first kappa shape index (κ1) is 35.2. The molecule has 0 unspecified atom stereocenters. The van der Waals surface area contributed by atoms with Gasteiger partial charge in [-0.1, -0.05) is 174 Å². The smallest absolute Gasteiger partial charge is 0.174 e. The van der Waals surface area contributed by atoms with Gasteiger partial charge in [0.05, 0.1) is 0 Å². The summed E-state index contributed by atoms with van der Waals surface area (Å²) < 4.78 is 1.13. The molecule has 36 heavy (non-hydrogen) atoms. The summed E-state index contributed by atoms with van der Waals surface area (Å²) >= 11 is 0. The quantitative estimate of drug-likeness (QED) is 0.0313. The van der Waals surface area contributed by atoms with Gasteiger partial charge in [0.1, 0.15) is 0 Å². The third kappa shape index (κ3) is 31.2. The second kappa shape index (κ2) is 32.2. The van der Waals surface area contributed by atoms with E-state index in [1.165, 1.54) is 167 Å². The molecule has 0 aromatic carbocycles. The topological polar surface area (TPSA) is 26.1 Å². The molecule has 2 nitrogen and oxygen atoms in total. The number of nitrogens with zero attached hydrogens (tertiary/aromatic N) is 1. The van der Waals surface area contributed by atoms with E-state index in [0.717, 1.165) is 17.6 Å². The van der Waals surface area contributed by atoms with Gasteiger partial charge in [0, 0.05) is 6.42 Å². The molecule has 0 aliphatic rings. The van der Waals surface area contributed by atoms with Crippen LogP contribution in [-0.4, -0.2) is 17.5 Å². The fraction of sp³-hybridized carbons (Fsp3) is 0.912. The maximum absolute atomic E-state index is 11.9. The molecule has 0 rings (SSSR count). The number of unbranched alkanes of at least 4 members (excludes halogenated alkanes) is 26. The molecule has 0 aliphatic heterocycles. The number of hydrogen-bond donors (Lipinski definition) is 0. The van der Waals surface area contributed by atoms with Crippen LogP contribution in [0.25, 0.3) is 0 Å². The van der Waals surface area contributed by atoms with Crippen molar-refractivity contribution in [1.82, 2.24) is 0 Å². The minimum absolute atomic E-state index is 0.654. The molecule has 0 N–H and O–H groups in total. The van der Waals surface area contributed by atoms with Gasteiger partial charge >= 0.3 is 0 Å². The van der Waals surface area contributed by atoms with Crippen LogP contribution >= 0.6 is 0 Å². The molecule has 2 heteroatoms. The molecule has 0 saturated heterocycles. The van der Waals surface area contributed by atoms with E-state index < -0.39 is 0 Å². The Bertz CT molecular complexity index is 456. The van der Waals surface area contributed by atoms with Gasteiger partial charge in [-0.15, -0.1) is 0 Å². The monoisotopic (exact) mass is 506 g/mol. The summed E-state index contributed by atoms with van der Waals surface area (Å²) in [5.74, 6) is 0. The molecule has 0 bridgehead atoms. The number of rotatable bonds is 30. The van der Waals surface area contributed by atoms with E-state index in [4.69, 9.17) is 0 Å². The maximum atomic E-state index is 11.9. The summed E-state index contributed by atoms with van der Waals surface area (Å²) in [7, 11) is 0. The summed E-state index contributed by atoms with van der Waals surface area (Å²) in [5, 5.41) is 11.9. The maximum Gasteiger partial charge on any atom is 0.174 e. The molecule has 0 saturated carbocycles. The standard InChI is InChI=1S/C34H67NO/c1-3-5-7-9-11-13-15-17-19-20-22-24-26-28-30-32-34-35(36)33-31-29-27-25-23-21-18-16-14-12-10-8-6-4-2/h29,31,33H,3-28,30,32,34H2,1-2H3. The second-order valence-electron chi connectivity index (χ2n) is 11.3. The molecule has 0 aromatic rings. The molecule has 0 fully saturated rings. The first-order valence-corrected chi connectivity index (χ1v) is 16.7. The normalized spacial score (nSPS) is 12.2. The second-order valence-corrected chi connectivity index (χ2v) is 11.3. The SMILES string of the molecule is CCCCCCCCCCCCCC=CC=[N+]([O-])CCCCCCCCCCCCCCCCCC. The van der Waals surface area contributed by atoms with Crippen molar-refractivity contribution in [3.8, 4) is 0 Å². The zero-order valence-corrected chi connectivity index (χ0v) is 25.1. The first-order chi connectivity index (χ1) is 17.8. The molecular weight excluding hydrogens is 438 g/mol. The number of hydroxylamine groups is 1. The fourth-order valence-corrected chi connectivity index (χ4v) is 5.07. The molecule has 0 heterocycles. The van der Waals surface area contributed by atoms with Crippen molar-refractivity contribution in [3.05, 3.63) is 17.4 Å².